The molecule has 1 N–H and O–H groups in total. The van der Waals surface area contributed by atoms with Crippen LogP contribution in [0.5, 0.6) is 11.5 Å². The van der Waals surface area contributed by atoms with Gasteiger partial charge in [-0.1, -0.05) is 0 Å². The van der Waals surface area contributed by atoms with Gasteiger partial charge in [-0.25, -0.2) is 4.39 Å². The maximum absolute atomic E-state index is 13.8. The van der Waals surface area contributed by atoms with E-state index in [0.29, 0.717) is 28.5 Å². The van der Waals surface area contributed by atoms with Crippen molar-refractivity contribution < 1.29 is 18.7 Å². The van der Waals surface area contributed by atoms with Crippen LogP contribution in [0.4, 0.5) is 4.39 Å². The Labute approximate surface area is 104 Å². The predicted molar refractivity (Wildman–Crippen MR) is 65.1 cm³/mol. The first-order valence-corrected chi connectivity index (χ1v) is 6.15. The highest BCUT2D eigenvalue weighted by molar-refractivity contribution is 7.98. The Kier molecular flexibility index (Phi) is 5.54. The zero-order valence-corrected chi connectivity index (χ0v) is 11.1. The molecule has 0 aromatic heterocycles. The van der Waals surface area contributed by atoms with E-state index in [1.165, 1.54) is 39.2 Å². The first-order valence-electron chi connectivity index (χ1n) is 4.92. The van der Waals surface area contributed by atoms with Crippen molar-refractivity contribution in [3.8, 4) is 11.5 Å². The molecular formula is C11H16FNO3S. The fraction of sp³-hybridized carbons (Fsp3) is 0.455. The molecule has 1 aromatic rings. The van der Waals surface area contributed by atoms with Crippen LogP contribution >= 0.6 is 11.8 Å². The van der Waals surface area contributed by atoms with E-state index >= 15 is 0 Å². The first kappa shape index (κ1) is 14.1. The number of nitrogens with one attached hydrogen (secondary N) is 1. The third kappa shape index (κ3) is 3.02. The summed E-state index contributed by atoms with van der Waals surface area (Å²) >= 11 is 1.28. The van der Waals surface area contributed by atoms with Crippen LogP contribution in [0, 0.1) is 5.82 Å². The number of hydrogen-bond donors (Lipinski definition) is 1. The molecule has 0 atom stereocenters. The number of benzene rings is 1. The summed E-state index contributed by atoms with van der Waals surface area (Å²) in [5.74, 6) is 0.596. The molecule has 0 radical (unpaired) electrons. The van der Waals surface area contributed by atoms with Gasteiger partial charge in [-0.05, 0) is 12.3 Å². The molecule has 0 saturated heterocycles. The van der Waals surface area contributed by atoms with Gasteiger partial charge >= 0.3 is 0 Å². The van der Waals surface area contributed by atoms with Crippen molar-refractivity contribution in [2.24, 2.45) is 0 Å². The Bertz CT molecular complexity index is 387. The van der Waals surface area contributed by atoms with E-state index in [1.54, 1.807) is 6.26 Å². The lowest BCUT2D eigenvalue weighted by Gasteiger charge is -2.16. The van der Waals surface area contributed by atoms with Crippen LogP contribution in [-0.4, -0.2) is 27.6 Å². The second kappa shape index (κ2) is 6.68. The van der Waals surface area contributed by atoms with Crippen molar-refractivity contribution in [3.05, 3.63) is 17.4 Å². The summed E-state index contributed by atoms with van der Waals surface area (Å²) in [6, 6.07) is 1.42. The fourth-order valence-corrected chi connectivity index (χ4v) is 2.14. The summed E-state index contributed by atoms with van der Waals surface area (Å²) in [6.07, 6.45) is 1.79. The number of thioether (sulfide) groups is 1. The minimum atomic E-state index is -0.331. The monoisotopic (exact) mass is 261 g/mol. The highest BCUT2D eigenvalue weighted by Crippen LogP contribution is 2.41. The fourth-order valence-electron chi connectivity index (χ4n) is 1.52. The molecule has 0 unspecified atom stereocenters. The number of methoxy groups -OCH3 is 2. The van der Waals surface area contributed by atoms with Crippen LogP contribution in [0.25, 0.3) is 0 Å². The summed E-state index contributed by atoms with van der Waals surface area (Å²) in [5, 5.41) is 0. The number of rotatable bonds is 6. The van der Waals surface area contributed by atoms with Crippen LogP contribution in [0.1, 0.15) is 5.56 Å². The third-order valence-electron chi connectivity index (χ3n) is 2.24. The Morgan fingerprint density at radius 3 is 2.35 bits per heavy atom. The maximum Gasteiger partial charge on any atom is 0.177 e. The Balaban J connectivity index is 3.26. The van der Waals surface area contributed by atoms with Gasteiger partial charge in [0.15, 0.2) is 11.5 Å². The van der Waals surface area contributed by atoms with Gasteiger partial charge in [0.25, 0.3) is 0 Å². The summed E-state index contributed by atoms with van der Waals surface area (Å²) in [7, 11) is 4.51. The lowest BCUT2D eigenvalue weighted by Crippen LogP contribution is -2.12. The molecule has 0 aliphatic rings. The molecule has 1 rings (SSSR count). The SMILES string of the molecule is CONCc1cc(F)c(SC)c(OC)c1OC. The molecule has 17 heavy (non-hydrogen) atoms. The standard InChI is InChI=1S/C11H16FNO3S/c1-14-9-7(6-13-16-3)5-8(12)11(17-4)10(9)15-2/h5,13H,6H2,1-4H3. The Hall–Kier alpha value is -0.980. The lowest BCUT2D eigenvalue weighted by atomic mass is 10.1. The van der Waals surface area contributed by atoms with Crippen LogP contribution in [-0.2, 0) is 11.4 Å². The van der Waals surface area contributed by atoms with Gasteiger partial charge in [-0.3, -0.25) is 0 Å². The van der Waals surface area contributed by atoms with Crippen LogP contribution in [0.2, 0.25) is 0 Å². The summed E-state index contributed by atoms with van der Waals surface area (Å²) in [5.41, 5.74) is 3.29. The second-order valence-electron chi connectivity index (χ2n) is 3.14. The van der Waals surface area contributed by atoms with Crippen LogP contribution < -0.4 is 15.0 Å². The van der Waals surface area contributed by atoms with Gasteiger partial charge < -0.3 is 14.3 Å². The molecule has 0 fully saturated rings. The van der Waals surface area contributed by atoms with Gasteiger partial charge in [0.05, 0.1) is 26.2 Å². The maximum atomic E-state index is 13.8. The van der Waals surface area contributed by atoms with Crippen molar-refractivity contribution >= 4 is 11.8 Å². The van der Waals surface area contributed by atoms with E-state index in [4.69, 9.17) is 14.3 Å². The van der Waals surface area contributed by atoms with Gasteiger partial charge in [-0.2, -0.15) is 5.48 Å². The van der Waals surface area contributed by atoms with Crippen molar-refractivity contribution in [2.45, 2.75) is 11.4 Å². The van der Waals surface area contributed by atoms with Crippen molar-refractivity contribution in [1.82, 2.24) is 5.48 Å². The highest BCUT2D eigenvalue weighted by atomic mass is 32.2. The number of ether oxygens (including phenoxy) is 2. The first-order chi connectivity index (χ1) is 8.19. The van der Waals surface area contributed by atoms with Crippen LogP contribution in [0.3, 0.4) is 0 Å². The normalized spacial score (nSPS) is 10.4. The van der Waals surface area contributed by atoms with E-state index in [-0.39, 0.29) is 5.82 Å². The molecule has 4 nitrogen and oxygen atoms in total. The Morgan fingerprint density at radius 2 is 1.88 bits per heavy atom. The molecule has 0 aliphatic carbocycles. The van der Waals surface area contributed by atoms with Gasteiger partial charge in [0.1, 0.15) is 5.82 Å². The summed E-state index contributed by atoms with van der Waals surface area (Å²) in [6.45, 7) is 0.335. The molecule has 0 saturated carbocycles. The summed E-state index contributed by atoms with van der Waals surface area (Å²) in [4.78, 5) is 5.18. The molecular weight excluding hydrogens is 245 g/mol. The van der Waals surface area contributed by atoms with E-state index in [9.17, 15) is 4.39 Å². The zero-order valence-electron chi connectivity index (χ0n) is 10.3. The molecule has 1 aromatic carbocycles. The van der Waals surface area contributed by atoms with E-state index < -0.39 is 0 Å². The van der Waals surface area contributed by atoms with E-state index in [2.05, 4.69) is 5.48 Å². The molecule has 0 bridgehead atoms. The largest absolute Gasteiger partial charge is 0.492 e. The molecule has 0 amide bonds. The molecule has 0 aliphatic heterocycles. The average molecular weight is 261 g/mol. The van der Waals surface area contributed by atoms with Gasteiger partial charge in [0, 0.05) is 12.1 Å². The topological polar surface area (TPSA) is 39.7 Å². The predicted octanol–water partition coefficient (Wildman–Crippen LogP) is 2.22. The molecule has 96 valence electrons. The van der Waals surface area contributed by atoms with Gasteiger partial charge in [0.2, 0.25) is 0 Å². The van der Waals surface area contributed by atoms with E-state index in [0.717, 1.165) is 0 Å². The minimum absolute atomic E-state index is 0.331. The van der Waals surface area contributed by atoms with Crippen molar-refractivity contribution in [1.29, 1.82) is 0 Å². The number of hydrogen-bond acceptors (Lipinski definition) is 5. The molecule has 0 heterocycles. The quantitative estimate of drug-likeness (QED) is 0.628. The number of hydroxylamine groups is 1. The third-order valence-corrected chi connectivity index (χ3v) is 3.03. The van der Waals surface area contributed by atoms with Crippen molar-refractivity contribution in [3.63, 3.8) is 0 Å². The average Bonchev–Trinajstić information content (AvgIpc) is 2.35. The molecule has 6 heteroatoms. The highest BCUT2D eigenvalue weighted by Gasteiger charge is 2.19. The van der Waals surface area contributed by atoms with Crippen LogP contribution in [0.15, 0.2) is 11.0 Å². The van der Waals surface area contributed by atoms with Crippen molar-refractivity contribution in [2.75, 3.05) is 27.6 Å². The van der Waals surface area contributed by atoms with E-state index in [1.807, 2.05) is 0 Å². The zero-order chi connectivity index (χ0) is 12.8. The lowest BCUT2D eigenvalue weighted by molar-refractivity contribution is 0.0859. The number of halogens is 1. The second-order valence-corrected chi connectivity index (χ2v) is 3.96. The summed E-state index contributed by atoms with van der Waals surface area (Å²) < 4.78 is 24.3. The Morgan fingerprint density at radius 1 is 1.24 bits per heavy atom. The smallest absolute Gasteiger partial charge is 0.177 e. The minimum Gasteiger partial charge on any atom is -0.492 e. The molecule has 0 spiro atoms. The van der Waals surface area contributed by atoms with Gasteiger partial charge in [-0.15, -0.1) is 11.8 Å².